The lowest BCUT2D eigenvalue weighted by atomic mass is 10.1. The molecule has 1 aromatic heterocycles. The van der Waals surface area contributed by atoms with Crippen LogP contribution in [0.1, 0.15) is 0 Å². The smallest absolute Gasteiger partial charge is 0.189 e. The quantitative estimate of drug-likeness (QED) is 0.774. The van der Waals surface area contributed by atoms with Crippen LogP contribution in [0.4, 0.5) is 14.5 Å². The lowest BCUT2D eigenvalue weighted by Crippen LogP contribution is -2.29. The highest BCUT2D eigenvalue weighted by molar-refractivity contribution is 5.84. The van der Waals surface area contributed by atoms with E-state index in [-0.39, 0.29) is 11.1 Å². The van der Waals surface area contributed by atoms with Crippen LogP contribution in [0.2, 0.25) is 0 Å². The van der Waals surface area contributed by atoms with Crippen LogP contribution in [-0.2, 0) is 0 Å². The van der Waals surface area contributed by atoms with Gasteiger partial charge in [-0.05, 0) is 49.2 Å². The number of anilines is 1. The molecule has 1 aliphatic carbocycles. The van der Waals surface area contributed by atoms with E-state index in [1.54, 1.807) is 16.8 Å². The molecule has 3 aromatic rings. The van der Waals surface area contributed by atoms with E-state index in [0.717, 1.165) is 24.8 Å². The molecule has 5 rings (SSSR count). The van der Waals surface area contributed by atoms with Crippen molar-refractivity contribution >= 4 is 16.6 Å². The molecule has 2 atom stereocenters. The highest BCUT2D eigenvalue weighted by Gasteiger charge is 2.54. The van der Waals surface area contributed by atoms with Gasteiger partial charge in [-0.25, -0.2) is 8.78 Å². The number of aromatic nitrogens is 1. The van der Waals surface area contributed by atoms with Gasteiger partial charge in [-0.1, -0.05) is 0 Å². The molecule has 1 aliphatic heterocycles. The van der Waals surface area contributed by atoms with Crippen LogP contribution < -0.4 is 15.6 Å². The molecule has 6 heteroatoms. The molecule has 4 nitrogen and oxygen atoms in total. The predicted molar refractivity (Wildman–Crippen MR) is 102 cm³/mol. The van der Waals surface area contributed by atoms with Crippen LogP contribution in [0.3, 0.4) is 0 Å². The molecule has 1 saturated carbocycles. The van der Waals surface area contributed by atoms with Crippen molar-refractivity contribution in [1.29, 1.82) is 0 Å². The number of piperidine rings is 1. The molecule has 0 spiro atoms. The second-order valence-corrected chi connectivity index (χ2v) is 7.39. The van der Waals surface area contributed by atoms with Crippen molar-refractivity contribution in [3.05, 3.63) is 70.5 Å². The maximum Gasteiger partial charge on any atom is 0.189 e. The Morgan fingerprint density at radius 1 is 1.04 bits per heavy atom. The predicted octanol–water partition coefficient (Wildman–Crippen LogP) is 2.92. The highest BCUT2D eigenvalue weighted by atomic mass is 19.1. The van der Waals surface area contributed by atoms with Crippen LogP contribution >= 0.6 is 0 Å². The summed E-state index contributed by atoms with van der Waals surface area (Å²) in [5.74, 6) is 0.0405. The van der Waals surface area contributed by atoms with Gasteiger partial charge in [0.1, 0.15) is 11.6 Å². The van der Waals surface area contributed by atoms with Crippen LogP contribution in [0.5, 0.6) is 0 Å². The molecule has 2 aliphatic rings. The molecule has 1 N–H and O–H groups in total. The number of hydrogen-bond donors (Lipinski definition) is 1. The molecule has 1 saturated heterocycles. The third-order valence-corrected chi connectivity index (χ3v) is 5.94. The Morgan fingerprint density at radius 3 is 2.52 bits per heavy atom. The fourth-order valence-electron chi connectivity index (χ4n) is 4.49. The van der Waals surface area contributed by atoms with E-state index < -0.39 is 11.6 Å². The molecule has 27 heavy (non-hydrogen) atoms. The third-order valence-electron chi connectivity index (χ3n) is 5.94. The van der Waals surface area contributed by atoms with Crippen molar-refractivity contribution in [3.8, 4) is 5.69 Å². The summed E-state index contributed by atoms with van der Waals surface area (Å²) in [6, 6.07) is 11.2. The summed E-state index contributed by atoms with van der Waals surface area (Å²) < 4.78 is 29.3. The number of nitrogens with zero attached hydrogens (tertiary/aromatic N) is 2. The molecule has 2 unspecified atom stereocenters. The standard InChI is InChI=1S/C21H19F2N3O/c1-24-21-15-10-25(11-16(15)21)13-3-4-14-19(9-13)26(7-6-20(14)27)18-5-2-12(22)8-17(18)23/h2-9,15-16,21,24H,10-11H2,1H3. The van der Waals surface area contributed by atoms with Crippen LogP contribution in [-0.4, -0.2) is 30.7 Å². The summed E-state index contributed by atoms with van der Waals surface area (Å²) in [4.78, 5) is 14.6. The molecule has 2 heterocycles. The van der Waals surface area contributed by atoms with Gasteiger partial charge in [0.2, 0.25) is 0 Å². The van der Waals surface area contributed by atoms with Gasteiger partial charge < -0.3 is 14.8 Å². The normalized spacial score (nSPS) is 23.7. The van der Waals surface area contributed by atoms with Crippen LogP contribution in [0.25, 0.3) is 16.6 Å². The minimum Gasteiger partial charge on any atom is -0.371 e. The van der Waals surface area contributed by atoms with Gasteiger partial charge in [-0.3, -0.25) is 4.79 Å². The van der Waals surface area contributed by atoms with Gasteiger partial charge in [0, 0.05) is 48.5 Å². The Labute approximate surface area is 155 Å². The fourth-order valence-corrected chi connectivity index (χ4v) is 4.49. The Hall–Kier alpha value is -2.73. The van der Waals surface area contributed by atoms with Crippen molar-refractivity contribution in [2.24, 2.45) is 11.8 Å². The van der Waals surface area contributed by atoms with Crippen LogP contribution in [0.15, 0.2) is 53.5 Å². The number of benzene rings is 2. The van der Waals surface area contributed by atoms with E-state index in [1.807, 2.05) is 19.2 Å². The van der Waals surface area contributed by atoms with Gasteiger partial charge in [0.25, 0.3) is 0 Å². The van der Waals surface area contributed by atoms with Gasteiger partial charge in [-0.2, -0.15) is 0 Å². The molecular weight excluding hydrogens is 348 g/mol. The number of fused-ring (bicyclic) bond motifs is 2. The minimum atomic E-state index is -0.662. The van der Waals surface area contributed by atoms with E-state index in [2.05, 4.69) is 10.2 Å². The summed E-state index contributed by atoms with van der Waals surface area (Å²) in [6.45, 7) is 1.95. The molecule has 0 radical (unpaired) electrons. The molecule has 2 fully saturated rings. The highest BCUT2D eigenvalue weighted by Crippen LogP contribution is 2.46. The molecule has 2 aromatic carbocycles. The summed E-state index contributed by atoms with van der Waals surface area (Å²) in [5, 5.41) is 3.86. The molecule has 138 valence electrons. The largest absolute Gasteiger partial charge is 0.371 e. The van der Waals surface area contributed by atoms with E-state index >= 15 is 0 Å². The Balaban J connectivity index is 1.60. The van der Waals surface area contributed by atoms with Crippen molar-refractivity contribution in [3.63, 3.8) is 0 Å². The van der Waals surface area contributed by atoms with E-state index in [0.29, 0.717) is 28.8 Å². The van der Waals surface area contributed by atoms with Crippen LogP contribution in [0, 0.1) is 23.5 Å². The lowest BCUT2D eigenvalue weighted by Gasteiger charge is -2.23. The zero-order valence-electron chi connectivity index (χ0n) is 14.8. The topological polar surface area (TPSA) is 37.3 Å². The van der Waals surface area contributed by atoms with Gasteiger partial charge in [0.15, 0.2) is 5.43 Å². The Kier molecular flexibility index (Phi) is 3.59. The van der Waals surface area contributed by atoms with Crippen molar-refractivity contribution in [2.45, 2.75) is 6.04 Å². The van der Waals surface area contributed by atoms with Gasteiger partial charge in [-0.15, -0.1) is 0 Å². The number of nitrogens with one attached hydrogen (secondary N) is 1. The van der Waals surface area contributed by atoms with Crippen molar-refractivity contribution in [1.82, 2.24) is 9.88 Å². The average Bonchev–Trinajstić information content (AvgIpc) is 3.13. The minimum absolute atomic E-state index is 0.116. The second kappa shape index (κ2) is 5.89. The SMILES string of the molecule is CNC1C2CN(c3ccc4c(=O)ccn(-c5ccc(F)cc5F)c4c3)CC21. The van der Waals surface area contributed by atoms with Gasteiger partial charge >= 0.3 is 0 Å². The summed E-state index contributed by atoms with van der Waals surface area (Å²) in [6.07, 6.45) is 1.54. The number of hydrogen-bond acceptors (Lipinski definition) is 3. The molecule has 0 amide bonds. The molecule has 0 bridgehead atoms. The van der Waals surface area contributed by atoms with Crippen molar-refractivity contribution < 1.29 is 8.78 Å². The number of halogens is 2. The summed E-state index contributed by atoms with van der Waals surface area (Å²) in [5.41, 5.74) is 1.75. The first-order valence-corrected chi connectivity index (χ1v) is 9.10. The van der Waals surface area contributed by atoms with Crippen molar-refractivity contribution in [2.75, 3.05) is 25.0 Å². The third kappa shape index (κ3) is 2.55. The maximum absolute atomic E-state index is 14.3. The molecular formula is C21H19F2N3O. The first-order valence-electron chi connectivity index (χ1n) is 9.10. The first kappa shape index (κ1) is 16.4. The number of pyridine rings is 1. The first-order chi connectivity index (χ1) is 13.1. The van der Waals surface area contributed by atoms with E-state index in [4.69, 9.17) is 0 Å². The monoisotopic (exact) mass is 367 g/mol. The average molecular weight is 367 g/mol. The maximum atomic E-state index is 14.3. The Morgan fingerprint density at radius 2 is 1.81 bits per heavy atom. The van der Waals surface area contributed by atoms with Gasteiger partial charge in [0.05, 0.1) is 11.2 Å². The lowest BCUT2D eigenvalue weighted by molar-refractivity contribution is 0.578. The second-order valence-electron chi connectivity index (χ2n) is 7.39. The number of rotatable bonds is 3. The zero-order valence-corrected chi connectivity index (χ0v) is 14.8. The summed E-state index contributed by atoms with van der Waals surface area (Å²) >= 11 is 0. The van der Waals surface area contributed by atoms with E-state index in [9.17, 15) is 13.6 Å². The summed E-state index contributed by atoms with van der Waals surface area (Å²) in [7, 11) is 2.00. The van der Waals surface area contributed by atoms with E-state index in [1.165, 1.54) is 18.2 Å². The fraction of sp³-hybridized carbons (Fsp3) is 0.286. The zero-order chi connectivity index (χ0) is 18.7. The Bertz CT molecular complexity index is 1100.